The van der Waals surface area contributed by atoms with Crippen LogP contribution in [0.4, 0.5) is 0 Å². The molecule has 23 nitrogen and oxygen atoms in total. The van der Waals surface area contributed by atoms with Crippen LogP contribution in [0, 0.1) is 17.8 Å². The van der Waals surface area contributed by atoms with Crippen molar-refractivity contribution >= 4 is 71.8 Å². The quantitative estimate of drug-likeness (QED) is 0.0316. The first-order valence-electron chi connectivity index (χ1n) is 19.4. The minimum Gasteiger partial charge on any atom is -0.481 e. The van der Waals surface area contributed by atoms with Gasteiger partial charge in [0.1, 0.15) is 48.3 Å². The Morgan fingerprint density at radius 2 is 1.00 bits per heavy atom. The smallest absolute Gasteiger partial charge is 0.327 e. The highest BCUT2D eigenvalue weighted by atomic mass is 32.1. The second-order valence-corrected chi connectivity index (χ2v) is 15.3. The maximum absolute atomic E-state index is 13.8. The van der Waals surface area contributed by atoms with E-state index in [0.29, 0.717) is 0 Å². The maximum atomic E-state index is 13.8. The molecule has 0 aliphatic carbocycles. The van der Waals surface area contributed by atoms with E-state index in [1.807, 2.05) is 0 Å². The molecular formula is C36H63N9O14S. The maximum Gasteiger partial charge on any atom is 0.327 e. The number of hydrogen-bond donors (Lipinski definition) is 14. The molecule has 0 aliphatic rings. The summed E-state index contributed by atoms with van der Waals surface area (Å²) in [6.07, 6.45) is -1.67. The fourth-order valence-electron chi connectivity index (χ4n) is 5.35. The molecule has 0 bridgehead atoms. The van der Waals surface area contributed by atoms with Gasteiger partial charge in [-0.3, -0.25) is 43.2 Å². The predicted octanol–water partition coefficient (Wildman–Crippen LogP) is -4.42. The Morgan fingerprint density at radius 1 is 0.567 bits per heavy atom. The molecule has 0 aliphatic heterocycles. The predicted molar refractivity (Wildman–Crippen MR) is 216 cm³/mol. The second kappa shape index (κ2) is 27.6. The third kappa shape index (κ3) is 19.8. The number of aliphatic hydroxyl groups excluding tert-OH is 2. The van der Waals surface area contributed by atoms with E-state index in [2.05, 4.69) is 49.8 Å². The van der Waals surface area contributed by atoms with Gasteiger partial charge in [0.25, 0.3) is 0 Å². The lowest BCUT2D eigenvalue weighted by Crippen LogP contribution is -2.62. The van der Waals surface area contributed by atoms with E-state index in [1.54, 1.807) is 41.5 Å². The fourth-order valence-corrected chi connectivity index (χ4v) is 5.60. The van der Waals surface area contributed by atoms with Crippen LogP contribution in [0.5, 0.6) is 0 Å². The number of carboxylic acid groups (broad SMARTS) is 2. The van der Waals surface area contributed by atoms with E-state index in [-0.39, 0.29) is 30.9 Å². The molecule has 0 saturated carbocycles. The number of nitrogens with one attached hydrogen (secondary N) is 7. The molecule has 15 N–H and O–H groups in total. The number of thiol groups is 1. The van der Waals surface area contributed by atoms with E-state index in [0.717, 1.165) is 0 Å². The van der Waals surface area contributed by atoms with Crippen molar-refractivity contribution in [1.82, 2.24) is 37.2 Å². The standard InChI is InChI=1S/C36H63N9O14S/c1-7-18(6)28(35(57)40-20(8-10-25(38)48)30(52)41-22(12-16(2)3)32(54)43-24(15-60)36(58)59)45-31(53)21(9-11-26(49)50)39-33(55)23(14-47)42-34(56)27(17(4)5)44-29(51)19(37)13-46/h16-24,27-28,46-47,60H,7-15,37H2,1-6H3,(H2,38,48)(H,39,55)(H,40,57)(H,41,52)(H,42,56)(H,43,54)(H,44,51)(H,45,53)(H,49,50)(H,58,59)/t18-,19-,20-,21-,22-,23-,24-,27-,28-/m0/s1. The molecule has 342 valence electrons. The van der Waals surface area contributed by atoms with Gasteiger partial charge in [0.05, 0.1) is 13.2 Å². The Kier molecular flexibility index (Phi) is 25.3. The molecule has 0 aromatic rings. The molecule has 24 heteroatoms. The minimum absolute atomic E-state index is 0.0387. The molecule has 60 heavy (non-hydrogen) atoms. The molecule has 0 aromatic heterocycles. The Hall–Kier alpha value is -5.07. The number of aliphatic hydroxyl groups is 2. The topological polar surface area (TPSA) is 388 Å². The number of primary amides is 1. The summed E-state index contributed by atoms with van der Waals surface area (Å²) in [4.78, 5) is 128. The SMILES string of the molecule is CC[C@H](C)[C@H](NC(=O)[C@H](CCC(=O)O)NC(=O)[C@H](CO)NC(=O)[C@@H](NC(=O)[C@@H](N)CO)C(C)C)C(=O)N[C@@H](CCC(N)=O)C(=O)N[C@@H](CC(C)C)C(=O)N[C@@H](CS)C(=O)O. The van der Waals surface area contributed by atoms with Gasteiger partial charge in [0.15, 0.2) is 0 Å². The van der Waals surface area contributed by atoms with Crippen molar-refractivity contribution < 1.29 is 68.4 Å². The Morgan fingerprint density at radius 3 is 1.45 bits per heavy atom. The van der Waals surface area contributed by atoms with Crippen LogP contribution in [0.1, 0.15) is 80.1 Å². The van der Waals surface area contributed by atoms with Crippen molar-refractivity contribution in [1.29, 1.82) is 0 Å². The van der Waals surface area contributed by atoms with E-state index < -0.39 is 152 Å². The molecule has 0 aromatic carbocycles. The normalized spacial score (nSPS) is 15.7. The zero-order valence-electron chi connectivity index (χ0n) is 34.7. The number of hydrogen-bond acceptors (Lipinski definition) is 14. The number of nitrogens with two attached hydrogens (primary N) is 2. The first kappa shape index (κ1) is 54.9. The first-order valence-corrected chi connectivity index (χ1v) is 20.0. The summed E-state index contributed by atoms with van der Waals surface area (Å²) in [6.45, 7) is 8.07. The Balaban J connectivity index is 6.46. The van der Waals surface area contributed by atoms with E-state index in [1.165, 1.54) is 0 Å². The largest absolute Gasteiger partial charge is 0.481 e. The van der Waals surface area contributed by atoms with Crippen molar-refractivity contribution in [3.8, 4) is 0 Å². The Labute approximate surface area is 353 Å². The van der Waals surface area contributed by atoms with E-state index >= 15 is 0 Å². The van der Waals surface area contributed by atoms with Gasteiger partial charge < -0.3 is 69.1 Å². The van der Waals surface area contributed by atoms with Gasteiger partial charge in [-0.1, -0.05) is 48.0 Å². The van der Waals surface area contributed by atoms with Crippen LogP contribution in [-0.4, -0.2) is 147 Å². The van der Waals surface area contributed by atoms with Gasteiger partial charge in [0, 0.05) is 18.6 Å². The van der Waals surface area contributed by atoms with E-state index in [4.69, 9.17) is 11.5 Å². The lowest BCUT2D eigenvalue weighted by molar-refractivity contribution is -0.141. The summed E-state index contributed by atoms with van der Waals surface area (Å²) < 4.78 is 0. The average molecular weight is 878 g/mol. The third-order valence-corrected chi connectivity index (χ3v) is 9.48. The summed E-state index contributed by atoms with van der Waals surface area (Å²) >= 11 is 3.93. The van der Waals surface area contributed by atoms with Crippen molar-refractivity contribution in [2.75, 3.05) is 19.0 Å². The second-order valence-electron chi connectivity index (χ2n) is 15.0. The zero-order valence-corrected chi connectivity index (χ0v) is 35.6. The van der Waals surface area contributed by atoms with Crippen LogP contribution in [-0.2, 0) is 47.9 Å². The van der Waals surface area contributed by atoms with Gasteiger partial charge >= 0.3 is 11.9 Å². The summed E-state index contributed by atoms with van der Waals surface area (Å²) in [5.41, 5.74) is 10.8. The summed E-state index contributed by atoms with van der Waals surface area (Å²) in [5, 5.41) is 54.5. The van der Waals surface area contributed by atoms with Crippen LogP contribution >= 0.6 is 12.6 Å². The number of aliphatic carboxylic acids is 2. The van der Waals surface area contributed by atoms with Gasteiger partial charge in [-0.15, -0.1) is 0 Å². The van der Waals surface area contributed by atoms with Crippen LogP contribution in [0.15, 0.2) is 0 Å². The van der Waals surface area contributed by atoms with Crippen molar-refractivity contribution in [3.05, 3.63) is 0 Å². The van der Waals surface area contributed by atoms with Crippen molar-refractivity contribution in [2.45, 2.75) is 128 Å². The summed E-state index contributed by atoms with van der Waals surface area (Å²) in [5.74, 6) is -12.1. The molecule has 0 rings (SSSR count). The number of carbonyl (C=O) groups is 10. The van der Waals surface area contributed by atoms with Crippen molar-refractivity contribution in [3.63, 3.8) is 0 Å². The molecule has 0 radical (unpaired) electrons. The first-order chi connectivity index (χ1) is 27.9. The number of rotatable bonds is 29. The zero-order chi connectivity index (χ0) is 46.4. The highest BCUT2D eigenvalue weighted by Gasteiger charge is 2.36. The van der Waals surface area contributed by atoms with Gasteiger partial charge in [-0.25, -0.2) is 4.79 Å². The van der Waals surface area contributed by atoms with Gasteiger partial charge in [-0.2, -0.15) is 12.6 Å². The third-order valence-electron chi connectivity index (χ3n) is 9.12. The molecule has 0 heterocycles. The average Bonchev–Trinajstić information content (AvgIpc) is 3.17. The molecule has 0 unspecified atom stereocenters. The summed E-state index contributed by atoms with van der Waals surface area (Å²) in [7, 11) is 0. The summed E-state index contributed by atoms with van der Waals surface area (Å²) in [6, 6.07) is -11.7. The van der Waals surface area contributed by atoms with Gasteiger partial charge in [-0.05, 0) is 37.0 Å². The molecule has 0 saturated heterocycles. The number of carbonyl (C=O) groups excluding carboxylic acids is 8. The van der Waals surface area contributed by atoms with Crippen molar-refractivity contribution in [2.24, 2.45) is 29.2 Å². The minimum atomic E-state index is -1.73. The molecule has 0 spiro atoms. The Bertz CT molecular complexity index is 1520. The van der Waals surface area contributed by atoms with E-state index in [9.17, 15) is 68.4 Å². The molecular weight excluding hydrogens is 815 g/mol. The lowest BCUT2D eigenvalue weighted by Gasteiger charge is -2.30. The highest BCUT2D eigenvalue weighted by molar-refractivity contribution is 7.80. The van der Waals surface area contributed by atoms with Crippen LogP contribution in [0.3, 0.4) is 0 Å². The molecule has 0 fully saturated rings. The highest BCUT2D eigenvalue weighted by Crippen LogP contribution is 2.13. The van der Waals surface area contributed by atoms with Crippen LogP contribution in [0.25, 0.3) is 0 Å². The van der Waals surface area contributed by atoms with Crippen LogP contribution in [0.2, 0.25) is 0 Å². The van der Waals surface area contributed by atoms with Crippen LogP contribution < -0.4 is 48.7 Å². The monoisotopic (exact) mass is 877 g/mol. The number of amides is 8. The number of carboxylic acids is 2. The molecule has 8 amide bonds. The lowest BCUT2D eigenvalue weighted by atomic mass is 9.96. The molecule has 9 atom stereocenters. The fraction of sp³-hybridized carbons (Fsp3) is 0.722. The van der Waals surface area contributed by atoms with Gasteiger partial charge in [0.2, 0.25) is 47.3 Å².